The van der Waals surface area contributed by atoms with E-state index in [1.54, 1.807) is 14.0 Å². The summed E-state index contributed by atoms with van der Waals surface area (Å²) in [7, 11) is 1.60. The van der Waals surface area contributed by atoms with Crippen molar-refractivity contribution in [3.63, 3.8) is 0 Å². The monoisotopic (exact) mass is 270 g/mol. The Hall–Kier alpha value is -1.50. The first-order chi connectivity index (χ1) is 8.83. The molecule has 0 fully saturated rings. The second kappa shape index (κ2) is 5.64. The summed E-state index contributed by atoms with van der Waals surface area (Å²) in [6.45, 7) is 7.61. The van der Waals surface area contributed by atoms with Gasteiger partial charge in [-0.3, -0.25) is 4.79 Å². The Morgan fingerprint density at radius 2 is 2.00 bits per heavy atom. The minimum absolute atomic E-state index is 0.222. The van der Waals surface area contributed by atoms with Crippen LogP contribution in [0.15, 0.2) is 0 Å². The molecule has 1 rings (SSSR count). The number of hydrogen-bond donors (Lipinski definition) is 1. The molecule has 0 aliphatic carbocycles. The van der Waals surface area contributed by atoms with E-state index < -0.39 is 17.0 Å². The molecular formula is C12H22N4O3. The molecule has 1 aromatic rings. The molecule has 0 bridgehead atoms. The molecule has 2 unspecified atom stereocenters. The van der Waals surface area contributed by atoms with Crippen molar-refractivity contribution in [2.45, 2.75) is 52.7 Å². The molecule has 19 heavy (non-hydrogen) atoms. The molecule has 1 aromatic heterocycles. The van der Waals surface area contributed by atoms with Crippen molar-refractivity contribution < 1.29 is 14.6 Å². The van der Waals surface area contributed by atoms with Gasteiger partial charge >= 0.3 is 5.97 Å². The van der Waals surface area contributed by atoms with Gasteiger partial charge in [-0.2, -0.15) is 0 Å². The highest BCUT2D eigenvalue weighted by Crippen LogP contribution is 2.29. The molecule has 0 saturated carbocycles. The Balaban J connectivity index is 3.11. The molecule has 1 heterocycles. The number of tetrazole rings is 1. The maximum atomic E-state index is 11.4. The Bertz CT molecular complexity index is 442. The van der Waals surface area contributed by atoms with Gasteiger partial charge in [0.05, 0.1) is 12.0 Å². The topological polar surface area (TPSA) is 90.1 Å². The van der Waals surface area contributed by atoms with Crippen LogP contribution >= 0.6 is 0 Å². The fourth-order valence-electron chi connectivity index (χ4n) is 1.74. The lowest BCUT2D eigenvalue weighted by atomic mass is 9.87. The van der Waals surface area contributed by atoms with Crippen LogP contribution in [0.2, 0.25) is 0 Å². The molecule has 7 heteroatoms. The van der Waals surface area contributed by atoms with Crippen LogP contribution in [0.25, 0.3) is 0 Å². The zero-order valence-electron chi connectivity index (χ0n) is 12.2. The van der Waals surface area contributed by atoms with Gasteiger partial charge in [0, 0.05) is 7.11 Å². The lowest BCUT2D eigenvalue weighted by Crippen LogP contribution is -2.36. The summed E-state index contributed by atoms with van der Waals surface area (Å²) in [4.78, 5) is 11.4. The van der Waals surface area contributed by atoms with E-state index in [-0.39, 0.29) is 6.54 Å². The number of methoxy groups -OCH3 is 1. The predicted octanol–water partition coefficient (Wildman–Crippen LogP) is 1.45. The first-order valence-corrected chi connectivity index (χ1v) is 6.38. The molecule has 0 aliphatic rings. The number of hydrogen-bond acceptors (Lipinski definition) is 5. The van der Waals surface area contributed by atoms with Crippen LogP contribution in [0.5, 0.6) is 0 Å². The summed E-state index contributed by atoms with van der Waals surface area (Å²) in [5, 5.41) is 20.9. The summed E-state index contributed by atoms with van der Waals surface area (Å²) < 4.78 is 7.00. The second-order valence-electron chi connectivity index (χ2n) is 5.17. The average molecular weight is 270 g/mol. The van der Waals surface area contributed by atoms with Crippen LogP contribution < -0.4 is 0 Å². The van der Waals surface area contributed by atoms with E-state index in [1.165, 1.54) is 4.68 Å². The number of aromatic nitrogens is 4. The molecule has 108 valence electrons. The maximum absolute atomic E-state index is 11.4. The first-order valence-electron chi connectivity index (χ1n) is 6.38. The van der Waals surface area contributed by atoms with Crippen molar-refractivity contribution in [2.24, 2.45) is 5.41 Å². The van der Waals surface area contributed by atoms with Gasteiger partial charge < -0.3 is 9.84 Å². The zero-order valence-corrected chi connectivity index (χ0v) is 12.2. The van der Waals surface area contributed by atoms with Gasteiger partial charge in [0.1, 0.15) is 5.60 Å². The average Bonchev–Trinajstić information content (AvgIpc) is 2.86. The summed E-state index contributed by atoms with van der Waals surface area (Å²) >= 11 is 0. The van der Waals surface area contributed by atoms with Gasteiger partial charge in [-0.05, 0) is 37.1 Å². The van der Waals surface area contributed by atoms with Crippen LogP contribution in [-0.2, 0) is 21.7 Å². The molecule has 0 radical (unpaired) electrons. The second-order valence-corrected chi connectivity index (χ2v) is 5.17. The smallest absolute Gasteiger partial charge is 0.311 e. The number of carboxylic acids is 1. The van der Waals surface area contributed by atoms with Gasteiger partial charge in [-0.15, -0.1) is 5.10 Å². The molecule has 0 aromatic carbocycles. The van der Waals surface area contributed by atoms with Crippen LogP contribution in [0.1, 0.15) is 46.4 Å². The fraction of sp³-hybridized carbons (Fsp3) is 0.833. The summed E-state index contributed by atoms with van der Waals surface area (Å²) in [5.41, 5.74) is -1.51. The largest absolute Gasteiger partial charge is 0.481 e. The maximum Gasteiger partial charge on any atom is 0.311 e. The van der Waals surface area contributed by atoms with E-state index in [0.717, 1.165) is 0 Å². The molecule has 0 amide bonds. The van der Waals surface area contributed by atoms with Gasteiger partial charge in [0.15, 0.2) is 5.82 Å². The highest BCUT2D eigenvalue weighted by atomic mass is 16.5. The van der Waals surface area contributed by atoms with Gasteiger partial charge in [-0.25, -0.2) is 4.68 Å². The quantitative estimate of drug-likeness (QED) is 0.806. The minimum Gasteiger partial charge on any atom is -0.481 e. The normalized spacial score (nSPS) is 17.7. The van der Waals surface area contributed by atoms with Crippen LogP contribution in [-0.4, -0.2) is 38.4 Å². The summed E-state index contributed by atoms with van der Waals surface area (Å²) in [6.07, 6.45) is 1.19. The van der Waals surface area contributed by atoms with Crippen molar-refractivity contribution in [1.29, 1.82) is 0 Å². The number of rotatable bonds is 7. The van der Waals surface area contributed by atoms with E-state index in [9.17, 15) is 9.90 Å². The third kappa shape index (κ3) is 2.91. The van der Waals surface area contributed by atoms with Crippen LogP contribution in [0.3, 0.4) is 0 Å². The Kier molecular flexibility index (Phi) is 4.62. The van der Waals surface area contributed by atoms with Crippen molar-refractivity contribution in [3.05, 3.63) is 5.82 Å². The molecule has 2 atom stereocenters. The number of aliphatic carboxylic acids is 1. The van der Waals surface area contributed by atoms with Crippen molar-refractivity contribution in [1.82, 2.24) is 20.2 Å². The lowest BCUT2D eigenvalue weighted by molar-refractivity contribution is -0.149. The van der Waals surface area contributed by atoms with Gasteiger partial charge in [0.25, 0.3) is 0 Å². The third-order valence-electron chi connectivity index (χ3n) is 3.93. The van der Waals surface area contributed by atoms with Crippen LogP contribution in [0.4, 0.5) is 0 Å². The van der Waals surface area contributed by atoms with Gasteiger partial charge in [-0.1, -0.05) is 13.8 Å². The Morgan fingerprint density at radius 1 is 1.37 bits per heavy atom. The lowest BCUT2D eigenvalue weighted by Gasteiger charge is -2.28. The number of ether oxygens (including phenoxy) is 1. The standard InChI is InChI=1S/C12H22N4O3/c1-6-11(3,10(17)18)8-16-9(13-14-15-16)12(4,7-2)19-5/h6-8H2,1-5H3,(H,17,18). The molecule has 1 N–H and O–H groups in total. The highest BCUT2D eigenvalue weighted by Gasteiger charge is 2.37. The van der Waals surface area contributed by atoms with Crippen molar-refractivity contribution in [2.75, 3.05) is 7.11 Å². The SMILES string of the molecule is CCC(C)(Cn1nnnc1C(C)(CC)OC)C(=O)O. The predicted molar refractivity (Wildman–Crippen MR) is 68.5 cm³/mol. The van der Waals surface area contributed by atoms with E-state index in [2.05, 4.69) is 15.5 Å². The van der Waals surface area contributed by atoms with Crippen molar-refractivity contribution in [3.8, 4) is 0 Å². The number of carbonyl (C=O) groups is 1. The molecule has 7 nitrogen and oxygen atoms in total. The van der Waals surface area contributed by atoms with Crippen LogP contribution in [0, 0.1) is 5.41 Å². The zero-order chi connectivity index (χ0) is 14.7. The fourth-order valence-corrected chi connectivity index (χ4v) is 1.74. The summed E-state index contributed by atoms with van der Waals surface area (Å²) in [5.74, 6) is -0.300. The molecule has 0 aliphatic heterocycles. The van der Waals surface area contributed by atoms with Gasteiger partial charge in [0.2, 0.25) is 0 Å². The van der Waals surface area contributed by atoms with E-state index in [1.807, 2.05) is 20.8 Å². The van der Waals surface area contributed by atoms with E-state index in [4.69, 9.17) is 4.74 Å². The molecule has 0 spiro atoms. The third-order valence-corrected chi connectivity index (χ3v) is 3.93. The minimum atomic E-state index is -0.896. The number of nitrogens with zero attached hydrogens (tertiary/aromatic N) is 4. The Morgan fingerprint density at radius 3 is 2.42 bits per heavy atom. The first kappa shape index (κ1) is 15.6. The summed E-state index contributed by atoms with van der Waals surface area (Å²) in [6, 6.07) is 0. The van der Waals surface area contributed by atoms with Crippen molar-refractivity contribution >= 4 is 5.97 Å². The molecular weight excluding hydrogens is 248 g/mol. The van der Waals surface area contributed by atoms with E-state index >= 15 is 0 Å². The number of carboxylic acid groups (broad SMARTS) is 1. The van der Waals surface area contributed by atoms with E-state index in [0.29, 0.717) is 18.7 Å². The Labute approximate surface area is 112 Å². The highest BCUT2D eigenvalue weighted by molar-refractivity contribution is 5.73. The molecule has 0 saturated heterocycles.